The van der Waals surface area contributed by atoms with Gasteiger partial charge in [-0.25, -0.2) is 0 Å². The van der Waals surface area contributed by atoms with Crippen LogP contribution in [0.15, 0.2) is 18.2 Å². The standard InChI is InChI=1S/C10H10ClN/c1-8-4-2-6-10(11)9(8)5-3-7-12/h2,4,6H,7,12H2,1H3. The van der Waals surface area contributed by atoms with Crippen molar-refractivity contribution in [1.82, 2.24) is 0 Å². The molecule has 0 aliphatic rings. The average molecular weight is 180 g/mol. The van der Waals surface area contributed by atoms with Gasteiger partial charge in [0.05, 0.1) is 11.6 Å². The fourth-order valence-corrected chi connectivity index (χ4v) is 1.20. The molecule has 0 aromatic heterocycles. The molecule has 0 amide bonds. The molecule has 12 heavy (non-hydrogen) atoms. The molecule has 0 aliphatic heterocycles. The van der Waals surface area contributed by atoms with Gasteiger partial charge in [0.2, 0.25) is 0 Å². The van der Waals surface area contributed by atoms with E-state index < -0.39 is 0 Å². The molecule has 0 radical (unpaired) electrons. The molecule has 0 bridgehead atoms. The summed E-state index contributed by atoms with van der Waals surface area (Å²) >= 11 is 5.92. The molecule has 2 N–H and O–H groups in total. The Morgan fingerprint density at radius 1 is 1.50 bits per heavy atom. The molecule has 0 atom stereocenters. The van der Waals surface area contributed by atoms with E-state index in [9.17, 15) is 0 Å². The van der Waals surface area contributed by atoms with E-state index in [0.29, 0.717) is 11.6 Å². The highest BCUT2D eigenvalue weighted by Crippen LogP contribution is 2.17. The van der Waals surface area contributed by atoms with Crippen molar-refractivity contribution in [3.63, 3.8) is 0 Å². The largest absolute Gasteiger partial charge is 0.320 e. The zero-order chi connectivity index (χ0) is 8.97. The van der Waals surface area contributed by atoms with Crippen LogP contribution in [0, 0.1) is 18.8 Å². The van der Waals surface area contributed by atoms with Gasteiger partial charge in [0.1, 0.15) is 0 Å². The van der Waals surface area contributed by atoms with Gasteiger partial charge in [-0.3, -0.25) is 0 Å². The van der Waals surface area contributed by atoms with Gasteiger partial charge in [0.25, 0.3) is 0 Å². The molecule has 62 valence electrons. The van der Waals surface area contributed by atoms with Crippen molar-refractivity contribution in [2.24, 2.45) is 5.73 Å². The second kappa shape index (κ2) is 4.15. The van der Waals surface area contributed by atoms with Crippen LogP contribution in [0.25, 0.3) is 0 Å². The van der Waals surface area contributed by atoms with E-state index in [2.05, 4.69) is 11.8 Å². The van der Waals surface area contributed by atoms with Gasteiger partial charge in [0.15, 0.2) is 0 Å². The van der Waals surface area contributed by atoms with Crippen molar-refractivity contribution >= 4 is 11.6 Å². The van der Waals surface area contributed by atoms with Crippen LogP contribution in [0.4, 0.5) is 0 Å². The van der Waals surface area contributed by atoms with Gasteiger partial charge in [-0.05, 0) is 18.6 Å². The third-order valence-electron chi connectivity index (χ3n) is 1.54. The summed E-state index contributed by atoms with van der Waals surface area (Å²) in [5.74, 6) is 5.71. The summed E-state index contributed by atoms with van der Waals surface area (Å²) in [6, 6.07) is 5.72. The highest BCUT2D eigenvalue weighted by molar-refractivity contribution is 6.31. The van der Waals surface area contributed by atoms with Gasteiger partial charge < -0.3 is 5.73 Å². The first-order chi connectivity index (χ1) is 5.75. The number of hydrogen-bond donors (Lipinski definition) is 1. The van der Waals surface area contributed by atoms with Crippen LogP contribution < -0.4 is 5.73 Å². The van der Waals surface area contributed by atoms with Crippen LogP contribution in [-0.4, -0.2) is 6.54 Å². The zero-order valence-corrected chi connectivity index (χ0v) is 7.65. The number of rotatable bonds is 0. The lowest BCUT2D eigenvalue weighted by molar-refractivity contribution is 1.30. The molecule has 0 spiro atoms. The monoisotopic (exact) mass is 179 g/mol. The summed E-state index contributed by atoms with van der Waals surface area (Å²) in [7, 11) is 0. The Morgan fingerprint density at radius 3 is 2.83 bits per heavy atom. The van der Waals surface area contributed by atoms with Crippen LogP contribution in [0.5, 0.6) is 0 Å². The van der Waals surface area contributed by atoms with Gasteiger partial charge in [-0.2, -0.15) is 0 Å². The molecule has 0 saturated carbocycles. The molecule has 0 saturated heterocycles. The van der Waals surface area contributed by atoms with Crippen molar-refractivity contribution in [3.05, 3.63) is 34.3 Å². The molecule has 0 unspecified atom stereocenters. The zero-order valence-electron chi connectivity index (χ0n) is 6.89. The summed E-state index contributed by atoms with van der Waals surface area (Å²) in [5.41, 5.74) is 7.23. The normalized spacial score (nSPS) is 8.92. The Kier molecular flexibility index (Phi) is 3.16. The third-order valence-corrected chi connectivity index (χ3v) is 1.85. The fourth-order valence-electron chi connectivity index (χ4n) is 0.930. The summed E-state index contributed by atoms with van der Waals surface area (Å²) < 4.78 is 0. The van der Waals surface area contributed by atoms with Crippen molar-refractivity contribution in [2.75, 3.05) is 6.54 Å². The SMILES string of the molecule is Cc1cccc(Cl)c1C#CCN. The molecule has 1 aromatic rings. The van der Waals surface area contributed by atoms with Crippen LogP contribution >= 0.6 is 11.6 Å². The first-order valence-corrected chi connectivity index (χ1v) is 4.07. The van der Waals surface area contributed by atoms with Crippen molar-refractivity contribution in [3.8, 4) is 11.8 Å². The van der Waals surface area contributed by atoms with Crippen LogP contribution in [0.1, 0.15) is 11.1 Å². The lowest BCUT2D eigenvalue weighted by Gasteiger charge is -1.98. The number of halogens is 1. The Labute approximate surface area is 77.5 Å². The summed E-state index contributed by atoms with van der Waals surface area (Å²) in [6.07, 6.45) is 0. The van der Waals surface area contributed by atoms with Crippen LogP contribution in [0.3, 0.4) is 0 Å². The Morgan fingerprint density at radius 2 is 2.25 bits per heavy atom. The molecule has 0 heterocycles. The average Bonchev–Trinajstić information content (AvgIpc) is 2.04. The van der Waals surface area contributed by atoms with E-state index in [1.165, 1.54) is 0 Å². The van der Waals surface area contributed by atoms with Gasteiger partial charge >= 0.3 is 0 Å². The second-order valence-electron chi connectivity index (χ2n) is 2.44. The van der Waals surface area contributed by atoms with E-state index in [0.717, 1.165) is 11.1 Å². The number of aryl methyl sites for hydroxylation is 1. The van der Waals surface area contributed by atoms with Crippen molar-refractivity contribution in [2.45, 2.75) is 6.92 Å². The number of benzene rings is 1. The van der Waals surface area contributed by atoms with Gasteiger partial charge in [0, 0.05) is 5.56 Å². The Bertz CT molecular complexity index is 313. The quantitative estimate of drug-likeness (QED) is 0.606. The maximum Gasteiger partial charge on any atom is 0.0565 e. The minimum Gasteiger partial charge on any atom is -0.320 e. The first-order valence-electron chi connectivity index (χ1n) is 3.69. The van der Waals surface area contributed by atoms with Gasteiger partial charge in [-0.15, -0.1) is 0 Å². The molecule has 1 rings (SSSR count). The molecule has 1 nitrogen and oxygen atoms in total. The van der Waals surface area contributed by atoms with Crippen molar-refractivity contribution < 1.29 is 0 Å². The predicted octanol–water partition coefficient (Wildman–Crippen LogP) is 1.96. The molecular weight excluding hydrogens is 170 g/mol. The maximum atomic E-state index is 5.92. The van der Waals surface area contributed by atoms with Gasteiger partial charge in [-0.1, -0.05) is 35.6 Å². The third kappa shape index (κ3) is 2.01. The van der Waals surface area contributed by atoms with E-state index in [-0.39, 0.29) is 0 Å². The maximum absolute atomic E-state index is 5.92. The molecule has 2 heteroatoms. The first kappa shape index (κ1) is 9.12. The summed E-state index contributed by atoms with van der Waals surface area (Å²) in [5, 5.41) is 0.691. The number of hydrogen-bond acceptors (Lipinski definition) is 1. The highest BCUT2D eigenvalue weighted by Gasteiger charge is 1.98. The molecule has 0 aliphatic carbocycles. The molecule has 0 fully saturated rings. The summed E-state index contributed by atoms with van der Waals surface area (Å²) in [6.45, 7) is 2.34. The lowest BCUT2D eigenvalue weighted by Crippen LogP contribution is -1.93. The Hall–Kier alpha value is -0.970. The van der Waals surface area contributed by atoms with Crippen LogP contribution in [-0.2, 0) is 0 Å². The van der Waals surface area contributed by atoms with E-state index in [4.69, 9.17) is 17.3 Å². The van der Waals surface area contributed by atoms with Crippen LogP contribution in [0.2, 0.25) is 5.02 Å². The summed E-state index contributed by atoms with van der Waals surface area (Å²) in [4.78, 5) is 0. The Balaban J connectivity index is 3.13. The second-order valence-corrected chi connectivity index (χ2v) is 2.84. The number of nitrogens with two attached hydrogens (primary N) is 1. The lowest BCUT2D eigenvalue weighted by atomic mass is 10.1. The smallest absolute Gasteiger partial charge is 0.0565 e. The predicted molar refractivity (Wildman–Crippen MR) is 52.1 cm³/mol. The van der Waals surface area contributed by atoms with Crippen molar-refractivity contribution in [1.29, 1.82) is 0 Å². The minimum absolute atomic E-state index is 0.366. The topological polar surface area (TPSA) is 26.0 Å². The highest BCUT2D eigenvalue weighted by atomic mass is 35.5. The van der Waals surface area contributed by atoms with E-state index in [1.807, 2.05) is 25.1 Å². The van der Waals surface area contributed by atoms with E-state index >= 15 is 0 Å². The minimum atomic E-state index is 0.366. The molecular formula is C10H10ClN. The fraction of sp³-hybridized carbons (Fsp3) is 0.200. The van der Waals surface area contributed by atoms with E-state index in [1.54, 1.807) is 0 Å². The molecule has 1 aromatic carbocycles.